The quantitative estimate of drug-likeness (QED) is 0.425. The molecule has 0 amide bonds. The van der Waals surface area contributed by atoms with Gasteiger partial charge in [-0.3, -0.25) is 9.59 Å². The van der Waals surface area contributed by atoms with E-state index >= 15 is 0 Å². The van der Waals surface area contributed by atoms with Gasteiger partial charge in [-0.1, -0.05) is 15.9 Å². The molecule has 0 N–H and O–H groups in total. The summed E-state index contributed by atoms with van der Waals surface area (Å²) in [7, 11) is 0. The first-order valence-corrected chi connectivity index (χ1v) is 8.30. The van der Waals surface area contributed by atoms with Crippen LogP contribution >= 0.6 is 15.9 Å². The number of carbonyl (C=O) groups is 3. The normalized spacial score (nSPS) is 36.8. The maximum atomic E-state index is 11.9. The van der Waals surface area contributed by atoms with E-state index in [4.69, 9.17) is 14.2 Å². The number of hydrogen-bond acceptors (Lipinski definition) is 6. The maximum Gasteiger partial charge on any atom is 0.344 e. The van der Waals surface area contributed by atoms with Gasteiger partial charge in [-0.15, -0.1) is 0 Å². The largest absolute Gasteiger partial charge is 0.458 e. The van der Waals surface area contributed by atoms with Crippen molar-refractivity contribution in [2.24, 2.45) is 17.8 Å². The van der Waals surface area contributed by atoms with Crippen LogP contribution in [-0.2, 0) is 28.6 Å². The van der Waals surface area contributed by atoms with E-state index in [-0.39, 0.29) is 29.2 Å². The van der Waals surface area contributed by atoms with Crippen molar-refractivity contribution < 1.29 is 28.6 Å². The second-order valence-electron chi connectivity index (χ2n) is 5.99. The zero-order valence-corrected chi connectivity index (χ0v) is 13.0. The number of rotatable bonds is 4. The highest BCUT2D eigenvalue weighted by Gasteiger charge is 2.51. The summed E-state index contributed by atoms with van der Waals surface area (Å²) in [6.07, 6.45) is 2.62. The smallest absolute Gasteiger partial charge is 0.344 e. The highest BCUT2D eigenvalue weighted by molar-refractivity contribution is 9.09. The molecular weight excluding hydrogens is 344 g/mol. The Bertz CT molecular complexity index is 464. The van der Waals surface area contributed by atoms with E-state index in [1.807, 2.05) is 0 Å². The number of fused-ring (bicyclic) bond motifs is 1. The van der Waals surface area contributed by atoms with Gasteiger partial charge >= 0.3 is 17.9 Å². The van der Waals surface area contributed by atoms with Crippen LogP contribution in [0, 0.1) is 17.8 Å². The number of ether oxygens (including phenoxy) is 3. The Kier molecular flexibility index (Phi) is 4.19. The van der Waals surface area contributed by atoms with Crippen molar-refractivity contribution in [2.75, 3.05) is 11.9 Å². The van der Waals surface area contributed by atoms with Crippen molar-refractivity contribution in [1.29, 1.82) is 0 Å². The molecule has 2 saturated carbocycles. The SMILES string of the molecule is O=C(CBr)OCC(=O)OC1C2CC3CC(C2)C(=O)OC1C3. The molecule has 0 spiro atoms. The lowest BCUT2D eigenvalue weighted by Gasteiger charge is -2.41. The molecule has 21 heavy (non-hydrogen) atoms. The van der Waals surface area contributed by atoms with Crippen LogP contribution in [-0.4, -0.2) is 42.1 Å². The van der Waals surface area contributed by atoms with Gasteiger partial charge in [0, 0.05) is 5.92 Å². The van der Waals surface area contributed by atoms with Crippen LogP contribution in [0.25, 0.3) is 0 Å². The number of halogens is 1. The van der Waals surface area contributed by atoms with Gasteiger partial charge < -0.3 is 14.2 Å². The summed E-state index contributed by atoms with van der Waals surface area (Å²) in [4.78, 5) is 34.7. The van der Waals surface area contributed by atoms with Gasteiger partial charge in [-0.05, 0) is 31.6 Å². The molecule has 0 aromatic heterocycles. The summed E-state index contributed by atoms with van der Waals surface area (Å²) < 4.78 is 15.6. The van der Waals surface area contributed by atoms with Crippen molar-refractivity contribution in [3.63, 3.8) is 0 Å². The molecule has 7 heteroatoms. The molecule has 116 valence electrons. The topological polar surface area (TPSA) is 78.9 Å². The summed E-state index contributed by atoms with van der Waals surface area (Å²) in [5.74, 6) is -0.634. The third-order valence-corrected chi connectivity index (χ3v) is 5.02. The molecule has 4 fully saturated rings. The Hall–Kier alpha value is -1.11. The fourth-order valence-corrected chi connectivity index (χ4v) is 3.96. The predicted molar refractivity (Wildman–Crippen MR) is 73.5 cm³/mol. The molecule has 2 aliphatic carbocycles. The first-order chi connectivity index (χ1) is 10.1. The summed E-state index contributed by atoms with van der Waals surface area (Å²) in [5, 5.41) is 0.0376. The van der Waals surface area contributed by atoms with Crippen LogP contribution in [0.5, 0.6) is 0 Å². The molecule has 4 bridgehead atoms. The fourth-order valence-electron chi connectivity index (χ4n) is 3.80. The predicted octanol–water partition coefficient (Wildman–Crippen LogP) is 1.20. The van der Waals surface area contributed by atoms with Gasteiger partial charge in [0.15, 0.2) is 6.61 Å². The van der Waals surface area contributed by atoms with Crippen LogP contribution < -0.4 is 0 Å². The summed E-state index contributed by atoms with van der Waals surface area (Å²) >= 11 is 2.95. The molecule has 0 aromatic carbocycles. The van der Waals surface area contributed by atoms with E-state index < -0.39 is 24.6 Å². The molecule has 4 aliphatic rings. The van der Waals surface area contributed by atoms with Crippen molar-refractivity contribution in [3.05, 3.63) is 0 Å². The minimum atomic E-state index is -0.585. The molecule has 2 aliphatic heterocycles. The van der Waals surface area contributed by atoms with Gasteiger partial charge in [0.05, 0.1) is 5.92 Å². The van der Waals surface area contributed by atoms with Gasteiger partial charge in [-0.2, -0.15) is 0 Å². The maximum absolute atomic E-state index is 11.9. The van der Waals surface area contributed by atoms with Gasteiger partial charge in [0.2, 0.25) is 0 Å². The fraction of sp³-hybridized carbons (Fsp3) is 0.786. The van der Waals surface area contributed by atoms with Gasteiger partial charge in [0.1, 0.15) is 17.5 Å². The summed E-state index contributed by atoms with van der Waals surface area (Å²) in [5.41, 5.74) is 0. The average molecular weight is 361 g/mol. The van der Waals surface area contributed by atoms with E-state index in [0.717, 1.165) is 25.7 Å². The monoisotopic (exact) mass is 360 g/mol. The lowest BCUT2D eigenvalue weighted by Crippen LogP contribution is -2.45. The molecule has 5 unspecified atom stereocenters. The van der Waals surface area contributed by atoms with E-state index in [9.17, 15) is 14.4 Å². The van der Waals surface area contributed by atoms with Crippen molar-refractivity contribution >= 4 is 33.8 Å². The Morgan fingerprint density at radius 3 is 2.76 bits per heavy atom. The Labute approximate surface area is 130 Å². The highest BCUT2D eigenvalue weighted by atomic mass is 79.9. The zero-order chi connectivity index (χ0) is 15.0. The standard InChI is InChI=1S/C14H17BrO6/c15-5-11(16)19-6-12(17)21-13-8-1-7-2-9(4-8)14(18)20-10(13)3-7/h7-10,13H,1-6H2. The van der Waals surface area contributed by atoms with Crippen LogP contribution in [0.1, 0.15) is 25.7 Å². The Morgan fingerprint density at radius 2 is 2.00 bits per heavy atom. The summed E-state index contributed by atoms with van der Waals surface area (Å²) in [6, 6.07) is 0. The molecule has 2 saturated heterocycles. The second kappa shape index (κ2) is 5.94. The first kappa shape index (κ1) is 14.8. The van der Waals surface area contributed by atoms with Crippen LogP contribution in [0.3, 0.4) is 0 Å². The van der Waals surface area contributed by atoms with Crippen molar-refractivity contribution in [3.8, 4) is 0 Å². The zero-order valence-electron chi connectivity index (χ0n) is 11.5. The molecule has 5 atom stereocenters. The molecule has 6 nitrogen and oxygen atoms in total. The third-order valence-electron chi connectivity index (χ3n) is 4.57. The molecule has 4 rings (SSSR count). The van der Waals surface area contributed by atoms with E-state index in [1.54, 1.807) is 0 Å². The second-order valence-corrected chi connectivity index (χ2v) is 6.55. The minimum absolute atomic E-state index is 0.0376. The van der Waals surface area contributed by atoms with Gasteiger partial charge in [-0.25, -0.2) is 4.79 Å². The van der Waals surface area contributed by atoms with Crippen LogP contribution in [0.2, 0.25) is 0 Å². The number of esters is 3. The first-order valence-electron chi connectivity index (χ1n) is 7.18. The molecule has 0 radical (unpaired) electrons. The Balaban J connectivity index is 1.62. The minimum Gasteiger partial charge on any atom is -0.458 e. The number of alkyl halides is 1. The average Bonchev–Trinajstić information content (AvgIpc) is 2.62. The van der Waals surface area contributed by atoms with E-state index in [0.29, 0.717) is 5.92 Å². The van der Waals surface area contributed by atoms with E-state index in [2.05, 4.69) is 15.9 Å². The Morgan fingerprint density at radius 1 is 1.19 bits per heavy atom. The lowest BCUT2D eigenvalue weighted by molar-refractivity contribution is -0.177. The van der Waals surface area contributed by atoms with Crippen LogP contribution in [0.15, 0.2) is 0 Å². The van der Waals surface area contributed by atoms with Gasteiger partial charge in [0.25, 0.3) is 0 Å². The van der Waals surface area contributed by atoms with Crippen LogP contribution in [0.4, 0.5) is 0 Å². The molecule has 0 aromatic rings. The third kappa shape index (κ3) is 3.07. The molecule has 2 heterocycles. The number of carbonyl (C=O) groups excluding carboxylic acids is 3. The highest BCUT2D eigenvalue weighted by Crippen LogP contribution is 2.48. The van der Waals surface area contributed by atoms with Crippen molar-refractivity contribution in [2.45, 2.75) is 37.9 Å². The summed E-state index contributed by atoms with van der Waals surface area (Å²) in [6.45, 7) is -0.402. The molecular formula is C14H17BrO6. The van der Waals surface area contributed by atoms with Crippen molar-refractivity contribution in [1.82, 2.24) is 0 Å². The number of hydrogen-bond donors (Lipinski definition) is 0. The lowest BCUT2D eigenvalue weighted by atomic mass is 9.67. The van der Waals surface area contributed by atoms with E-state index in [1.165, 1.54) is 0 Å².